The van der Waals surface area contributed by atoms with Crippen molar-refractivity contribution < 1.29 is 9.90 Å². The van der Waals surface area contributed by atoms with E-state index in [1.807, 2.05) is 24.4 Å². The van der Waals surface area contributed by atoms with E-state index in [1.165, 1.54) is 0 Å². The second-order valence-electron chi connectivity index (χ2n) is 4.30. The fourth-order valence-corrected chi connectivity index (χ4v) is 1.93. The highest BCUT2D eigenvalue weighted by Crippen LogP contribution is 2.12. The molecule has 1 aromatic heterocycles. The molecule has 1 aliphatic heterocycles. The number of hydrogen-bond donors (Lipinski definition) is 1. The van der Waals surface area contributed by atoms with Crippen molar-refractivity contribution in [2.75, 3.05) is 0 Å². The van der Waals surface area contributed by atoms with Crippen molar-refractivity contribution in [3.63, 3.8) is 0 Å². The predicted molar refractivity (Wildman–Crippen MR) is 69.7 cm³/mol. The van der Waals surface area contributed by atoms with E-state index in [9.17, 15) is 4.79 Å². The molecule has 0 aromatic carbocycles. The van der Waals surface area contributed by atoms with Crippen LogP contribution in [0, 0.1) is 0 Å². The van der Waals surface area contributed by atoms with E-state index in [4.69, 9.17) is 5.11 Å². The summed E-state index contributed by atoms with van der Waals surface area (Å²) in [6.07, 6.45) is 9.19. The van der Waals surface area contributed by atoms with Crippen LogP contribution in [-0.4, -0.2) is 21.8 Å². The van der Waals surface area contributed by atoms with Crippen molar-refractivity contribution in [1.29, 1.82) is 0 Å². The van der Waals surface area contributed by atoms with Gasteiger partial charge in [0.05, 0.1) is 11.4 Å². The Labute approximate surface area is 106 Å². The third-order valence-electron chi connectivity index (χ3n) is 2.86. The van der Waals surface area contributed by atoms with Crippen molar-refractivity contribution >= 4 is 11.7 Å². The van der Waals surface area contributed by atoms with E-state index >= 15 is 0 Å². The number of aliphatic imine (C=N–C) groups is 1. The zero-order valence-electron chi connectivity index (χ0n) is 10.2. The second-order valence-corrected chi connectivity index (χ2v) is 4.30. The molecule has 1 aliphatic rings. The number of nitrogens with zero attached hydrogens (tertiary/aromatic N) is 2. The molecule has 4 heteroatoms. The summed E-state index contributed by atoms with van der Waals surface area (Å²) in [6.45, 7) is 0. The number of rotatable bonds is 5. The van der Waals surface area contributed by atoms with Crippen LogP contribution in [0.5, 0.6) is 0 Å². The molecular formula is C14H16N2O2. The van der Waals surface area contributed by atoms with Gasteiger partial charge < -0.3 is 5.11 Å². The molecule has 2 rings (SSSR count). The number of aliphatic carboxylic acids is 1. The average Bonchev–Trinajstić information content (AvgIpc) is 2.40. The van der Waals surface area contributed by atoms with Gasteiger partial charge in [0.25, 0.3) is 0 Å². The molecule has 0 saturated carbocycles. The molecule has 1 aromatic rings. The Morgan fingerprint density at radius 2 is 2.33 bits per heavy atom. The topological polar surface area (TPSA) is 62.5 Å². The first-order valence-corrected chi connectivity index (χ1v) is 6.14. The molecule has 1 N–H and O–H groups in total. The number of hydrogen-bond acceptors (Lipinski definition) is 3. The lowest BCUT2D eigenvalue weighted by Gasteiger charge is -2.08. The predicted octanol–water partition coefficient (Wildman–Crippen LogP) is 2.59. The number of aromatic nitrogens is 1. The monoisotopic (exact) mass is 244 g/mol. The summed E-state index contributed by atoms with van der Waals surface area (Å²) in [4.78, 5) is 19.1. The zero-order valence-corrected chi connectivity index (χ0v) is 10.2. The molecular weight excluding hydrogens is 228 g/mol. The number of aryl methyl sites for hydroxylation is 1. The quantitative estimate of drug-likeness (QED) is 0.865. The Balaban J connectivity index is 2.03. The van der Waals surface area contributed by atoms with Crippen LogP contribution < -0.4 is 0 Å². The Morgan fingerprint density at radius 1 is 1.44 bits per heavy atom. The number of carboxylic acids is 1. The van der Waals surface area contributed by atoms with Crippen LogP contribution in [0.25, 0.3) is 0 Å². The minimum absolute atomic E-state index is 0.210. The molecule has 0 atom stereocenters. The minimum atomic E-state index is -0.744. The van der Waals surface area contributed by atoms with Gasteiger partial charge in [-0.1, -0.05) is 6.08 Å². The lowest BCUT2D eigenvalue weighted by Crippen LogP contribution is -2.06. The van der Waals surface area contributed by atoms with Gasteiger partial charge in [-0.2, -0.15) is 0 Å². The van der Waals surface area contributed by atoms with E-state index in [1.54, 1.807) is 6.20 Å². The van der Waals surface area contributed by atoms with Crippen LogP contribution in [-0.2, 0) is 11.2 Å². The highest BCUT2D eigenvalue weighted by molar-refractivity contribution is 5.99. The Kier molecular flexibility index (Phi) is 4.23. The van der Waals surface area contributed by atoms with Crippen molar-refractivity contribution in [3.8, 4) is 0 Å². The van der Waals surface area contributed by atoms with Crippen LogP contribution in [0.15, 0.2) is 35.6 Å². The van der Waals surface area contributed by atoms with Crippen LogP contribution in [0.3, 0.4) is 0 Å². The Bertz CT molecular complexity index is 492. The molecule has 0 aliphatic carbocycles. The van der Waals surface area contributed by atoms with Crippen LogP contribution in [0.2, 0.25) is 0 Å². The van der Waals surface area contributed by atoms with E-state index in [0.717, 1.165) is 36.2 Å². The second kappa shape index (κ2) is 6.10. The zero-order chi connectivity index (χ0) is 12.8. The van der Waals surface area contributed by atoms with Gasteiger partial charge in [-0.05, 0) is 43.4 Å². The van der Waals surface area contributed by atoms with E-state index in [-0.39, 0.29) is 6.42 Å². The Hall–Kier alpha value is -1.97. The van der Waals surface area contributed by atoms with Gasteiger partial charge >= 0.3 is 5.97 Å². The molecule has 0 amide bonds. The molecule has 94 valence electrons. The Morgan fingerprint density at radius 3 is 3.06 bits per heavy atom. The summed E-state index contributed by atoms with van der Waals surface area (Å²) >= 11 is 0. The molecule has 0 fully saturated rings. The van der Waals surface area contributed by atoms with Gasteiger partial charge in [-0.3, -0.25) is 14.8 Å². The number of carboxylic acid groups (broad SMARTS) is 1. The fraction of sp³-hybridized carbons (Fsp3) is 0.357. The number of allylic oxidation sites excluding steroid dienone is 1. The molecule has 0 saturated heterocycles. The normalized spacial score (nSPS) is 14.3. The lowest BCUT2D eigenvalue weighted by atomic mass is 10.0. The standard InChI is InChI=1S/C14H16N2O2/c17-14(18)6-3-4-11-7-9-16-13(10-11)12-5-1-2-8-15-12/h2,7-10H,1,3-6H2,(H,17,18). The van der Waals surface area contributed by atoms with Gasteiger partial charge in [0.1, 0.15) is 0 Å². The SMILES string of the molecule is O=C(O)CCCc1ccnc(C2=NC=CCC2)c1. The summed E-state index contributed by atoms with van der Waals surface area (Å²) in [6, 6.07) is 3.95. The largest absolute Gasteiger partial charge is 0.481 e. The third kappa shape index (κ3) is 3.52. The minimum Gasteiger partial charge on any atom is -0.481 e. The van der Waals surface area contributed by atoms with Crippen LogP contribution >= 0.6 is 0 Å². The first-order chi connectivity index (χ1) is 8.75. The van der Waals surface area contributed by atoms with Crippen molar-refractivity contribution in [3.05, 3.63) is 41.9 Å². The first-order valence-electron chi connectivity index (χ1n) is 6.14. The third-order valence-corrected chi connectivity index (χ3v) is 2.86. The summed E-state index contributed by atoms with van der Waals surface area (Å²) in [5.41, 5.74) is 3.04. The van der Waals surface area contributed by atoms with Crippen LogP contribution in [0.1, 0.15) is 36.9 Å². The maximum atomic E-state index is 10.5. The van der Waals surface area contributed by atoms with Crippen molar-refractivity contribution in [2.24, 2.45) is 4.99 Å². The molecule has 0 spiro atoms. The summed E-state index contributed by atoms with van der Waals surface area (Å²) < 4.78 is 0. The van der Waals surface area contributed by atoms with Crippen molar-refractivity contribution in [1.82, 2.24) is 4.98 Å². The number of pyridine rings is 1. The smallest absolute Gasteiger partial charge is 0.303 e. The molecule has 4 nitrogen and oxygen atoms in total. The van der Waals surface area contributed by atoms with Gasteiger partial charge in [-0.25, -0.2) is 0 Å². The highest BCUT2D eigenvalue weighted by atomic mass is 16.4. The molecule has 0 unspecified atom stereocenters. The maximum absolute atomic E-state index is 10.5. The lowest BCUT2D eigenvalue weighted by molar-refractivity contribution is -0.137. The average molecular weight is 244 g/mol. The molecule has 0 bridgehead atoms. The van der Waals surface area contributed by atoms with E-state index in [0.29, 0.717) is 6.42 Å². The number of carbonyl (C=O) groups is 1. The molecule has 18 heavy (non-hydrogen) atoms. The van der Waals surface area contributed by atoms with Gasteiger partial charge in [0.2, 0.25) is 0 Å². The molecule has 2 heterocycles. The van der Waals surface area contributed by atoms with Gasteiger partial charge in [0, 0.05) is 18.8 Å². The fourth-order valence-electron chi connectivity index (χ4n) is 1.93. The summed E-state index contributed by atoms with van der Waals surface area (Å²) in [5, 5.41) is 8.61. The highest BCUT2D eigenvalue weighted by Gasteiger charge is 2.07. The van der Waals surface area contributed by atoms with Crippen molar-refractivity contribution in [2.45, 2.75) is 32.1 Å². The molecule has 0 radical (unpaired) electrons. The van der Waals surface area contributed by atoms with E-state index in [2.05, 4.69) is 9.98 Å². The van der Waals surface area contributed by atoms with Crippen LogP contribution in [0.4, 0.5) is 0 Å². The van der Waals surface area contributed by atoms with Gasteiger partial charge in [-0.15, -0.1) is 0 Å². The first kappa shape index (κ1) is 12.5. The summed E-state index contributed by atoms with van der Waals surface area (Å²) in [5.74, 6) is -0.744. The summed E-state index contributed by atoms with van der Waals surface area (Å²) in [7, 11) is 0. The maximum Gasteiger partial charge on any atom is 0.303 e. The van der Waals surface area contributed by atoms with Gasteiger partial charge in [0.15, 0.2) is 0 Å². The van der Waals surface area contributed by atoms with E-state index < -0.39 is 5.97 Å².